The smallest absolute Gasteiger partial charge is 0.222 e. The molecule has 4 nitrogen and oxygen atoms in total. The molecule has 2 aromatic rings. The molecule has 0 atom stereocenters. The van der Waals surface area contributed by atoms with E-state index in [-0.39, 0.29) is 0 Å². The standard InChI is InChI=1S/C14H15N3O/c1-9-16-12-7-3-5-10(12)13(17-9)11-6-4-8-15-14(11)18-2/h4,6,8H,3,5,7H2,1-2H3. The summed E-state index contributed by atoms with van der Waals surface area (Å²) in [5.74, 6) is 1.45. The summed E-state index contributed by atoms with van der Waals surface area (Å²) in [5.41, 5.74) is 4.39. The Morgan fingerprint density at radius 1 is 1.22 bits per heavy atom. The number of fused-ring (bicyclic) bond motifs is 1. The van der Waals surface area contributed by atoms with Gasteiger partial charge in [-0.05, 0) is 38.3 Å². The summed E-state index contributed by atoms with van der Waals surface area (Å²) >= 11 is 0. The van der Waals surface area contributed by atoms with Gasteiger partial charge in [-0.25, -0.2) is 15.0 Å². The van der Waals surface area contributed by atoms with Crippen molar-refractivity contribution in [1.29, 1.82) is 0 Å². The van der Waals surface area contributed by atoms with E-state index in [2.05, 4.69) is 15.0 Å². The number of hydrogen-bond donors (Lipinski definition) is 0. The van der Waals surface area contributed by atoms with Crippen molar-refractivity contribution in [3.8, 4) is 17.1 Å². The molecule has 0 fully saturated rings. The molecule has 1 aliphatic rings. The Hall–Kier alpha value is -1.97. The Balaban J connectivity index is 2.23. The number of aryl methyl sites for hydroxylation is 2. The summed E-state index contributed by atoms with van der Waals surface area (Å²) in [6.45, 7) is 1.94. The fourth-order valence-corrected chi connectivity index (χ4v) is 2.51. The minimum absolute atomic E-state index is 0.629. The zero-order chi connectivity index (χ0) is 12.5. The number of aromatic nitrogens is 3. The van der Waals surface area contributed by atoms with Gasteiger partial charge in [0.2, 0.25) is 5.88 Å². The van der Waals surface area contributed by atoms with E-state index in [9.17, 15) is 0 Å². The van der Waals surface area contributed by atoms with Crippen LogP contribution in [0.1, 0.15) is 23.5 Å². The molecule has 4 heteroatoms. The molecule has 92 valence electrons. The Bertz CT molecular complexity index is 596. The van der Waals surface area contributed by atoms with Crippen molar-refractivity contribution in [3.05, 3.63) is 35.4 Å². The van der Waals surface area contributed by atoms with Gasteiger partial charge in [-0.3, -0.25) is 0 Å². The molecule has 1 aliphatic carbocycles. The van der Waals surface area contributed by atoms with Crippen LogP contribution in [-0.4, -0.2) is 22.1 Å². The van der Waals surface area contributed by atoms with Crippen LogP contribution < -0.4 is 4.74 Å². The minimum Gasteiger partial charge on any atom is -0.481 e. The zero-order valence-corrected chi connectivity index (χ0v) is 10.6. The number of hydrogen-bond acceptors (Lipinski definition) is 4. The monoisotopic (exact) mass is 241 g/mol. The first-order chi connectivity index (χ1) is 8.79. The van der Waals surface area contributed by atoms with E-state index in [0.29, 0.717) is 5.88 Å². The van der Waals surface area contributed by atoms with Gasteiger partial charge in [0, 0.05) is 17.5 Å². The van der Waals surface area contributed by atoms with E-state index in [1.54, 1.807) is 13.3 Å². The Labute approximate surface area is 106 Å². The van der Waals surface area contributed by atoms with Crippen molar-refractivity contribution in [3.63, 3.8) is 0 Å². The molecule has 0 saturated heterocycles. The molecule has 18 heavy (non-hydrogen) atoms. The molecule has 0 radical (unpaired) electrons. The van der Waals surface area contributed by atoms with E-state index in [1.165, 1.54) is 11.3 Å². The van der Waals surface area contributed by atoms with Gasteiger partial charge in [-0.2, -0.15) is 0 Å². The van der Waals surface area contributed by atoms with E-state index in [4.69, 9.17) is 4.74 Å². The van der Waals surface area contributed by atoms with Gasteiger partial charge in [-0.15, -0.1) is 0 Å². The lowest BCUT2D eigenvalue weighted by Gasteiger charge is -2.11. The molecule has 0 unspecified atom stereocenters. The minimum atomic E-state index is 0.629. The van der Waals surface area contributed by atoms with Crippen molar-refractivity contribution < 1.29 is 4.74 Å². The maximum Gasteiger partial charge on any atom is 0.222 e. The molecule has 2 aromatic heterocycles. The molecule has 0 bridgehead atoms. The van der Waals surface area contributed by atoms with Crippen LogP contribution in [0.2, 0.25) is 0 Å². The van der Waals surface area contributed by atoms with E-state index in [1.807, 2.05) is 19.1 Å². The lowest BCUT2D eigenvalue weighted by molar-refractivity contribution is 0.399. The third-order valence-corrected chi connectivity index (χ3v) is 3.26. The molecular weight excluding hydrogens is 226 g/mol. The normalized spacial score (nSPS) is 13.4. The average Bonchev–Trinajstić information content (AvgIpc) is 2.85. The summed E-state index contributed by atoms with van der Waals surface area (Å²) in [5, 5.41) is 0. The number of methoxy groups -OCH3 is 1. The fraction of sp³-hybridized carbons (Fsp3) is 0.357. The van der Waals surface area contributed by atoms with E-state index < -0.39 is 0 Å². The largest absolute Gasteiger partial charge is 0.481 e. The number of pyridine rings is 1. The van der Waals surface area contributed by atoms with Crippen LogP contribution in [-0.2, 0) is 12.8 Å². The third kappa shape index (κ3) is 1.74. The van der Waals surface area contributed by atoms with Gasteiger partial charge in [-0.1, -0.05) is 0 Å². The van der Waals surface area contributed by atoms with Crippen molar-refractivity contribution in [2.24, 2.45) is 0 Å². The summed E-state index contributed by atoms with van der Waals surface area (Å²) < 4.78 is 5.33. The first kappa shape index (κ1) is 11.1. The van der Waals surface area contributed by atoms with Crippen molar-refractivity contribution in [2.45, 2.75) is 26.2 Å². The molecule has 2 heterocycles. The molecule has 0 aromatic carbocycles. The lowest BCUT2D eigenvalue weighted by Crippen LogP contribution is -2.01. The Kier molecular flexibility index (Phi) is 2.70. The predicted octanol–water partition coefficient (Wildman–Crippen LogP) is 2.34. The van der Waals surface area contributed by atoms with Gasteiger partial charge in [0.25, 0.3) is 0 Å². The van der Waals surface area contributed by atoms with Crippen molar-refractivity contribution in [1.82, 2.24) is 15.0 Å². The van der Waals surface area contributed by atoms with Crippen LogP contribution in [0.25, 0.3) is 11.3 Å². The summed E-state index contributed by atoms with van der Waals surface area (Å²) in [6.07, 6.45) is 4.98. The fourth-order valence-electron chi connectivity index (χ4n) is 2.51. The first-order valence-electron chi connectivity index (χ1n) is 6.15. The maximum absolute atomic E-state index is 5.33. The number of rotatable bonds is 2. The molecule has 0 N–H and O–H groups in total. The highest BCUT2D eigenvalue weighted by Crippen LogP contribution is 2.33. The first-order valence-corrected chi connectivity index (χ1v) is 6.15. The lowest BCUT2D eigenvalue weighted by atomic mass is 10.1. The quantitative estimate of drug-likeness (QED) is 0.809. The Morgan fingerprint density at radius 3 is 2.94 bits per heavy atom. The highest BCUT2D eigenvalue weighted by Gasteiger charge is 2.21. The molecule has 0 aliphatic heterocycles. The van der Waals surface area contributed by atoms with Crippen LogP contribution in [0.4, 0.5) is 0 Å². The Morgan fingerprint density at radius 2 is 2.11 bits per heavy atom. The molecule has 0 amide bonds. The van der Waals surface area contributed by atoms with Gasteiger partial charge in [0.05, 0.1) is 18.4 Å². The second-order valence-electron chi connectivity index (χ2n) is 4.46. The number of ether oxygens (including phenoxy) is 1. The SMILES string of the molecule is COc1ncccc1-c1nc(C)nc2c1CCC2. The molecule has 0 saturated carbocycles. The maximum atomic E-state index is 5.33. The third-order valence-electron chi connectivity index (χ3n) is 3.26. The average molecular weight is 241 g/mol. The van der Waals surface area contributed by atoms with E-state index >= 15 is 0 Å². The summed E-state index contributed by atoms with van der Waals surface area (Å²) in [6, 6.07) is 3.92. The second kappa shape index (κ2) is 4.37. The topological polar surface area (TPSA) is 47.9 Å². The second-order valence-corrected chi connectivity index (χ2v) is 4.46. The van der Waals surface area contributed by atoms with Crippen molar-refractivity contribution in [2.75, 3.05) is 7.11 Å². The molecule has 0 spiro atoms. The van der Waals surface area contributed by atoms with Gasteiger partial charge >= 0.3 is 0 Å². The van der Waals surface area contributed by atoms with Crippen LogP contribution in [0.3, 0.4) is 0 Å². The summed E-state index contributed by atoms with van der Waals surface area (Å²) in [7, 11) is 1.64. The van der Waals surface area contributed by atoms with Gasteiger partial charge < -0.3 is 4.74 Å². The summed E-state index contributed by atoms with van der Waals surface area (Å²) in [4.78, 5) is 13.4. The van der Waals surface area contributed by atoms with Gasteiger partial charge in [0.1, 0.15) is 5.82 Å². The van der Waals surface area contributed by atoms with Gasteiger partial charge in [0.15, 0.2) is 0 Å². The number of nitrogens with zero attached hydrogens (tertiary/aromatic N) is 3. The van der Waals surface area contributed by atoms with Crippen LogP contribution in [0.5, 0.6) is 5.88 Å². The predicted molar refractivity (Wildman–Crippen MR) is 68.6 cm³/mol. The zero-order valence-electron chi connectivity index (χ0n) is 10.6. The molecule has 3 rings (SSSR count). The van der Waals surface area contributed by atoms with Crippen LogP contribution >= 0.6 is 0 Å². The van der Waals surface area contributed by atoms with E-state index in [0.717, 1.165) is 36.3 Å². The highest BCUT2D eigenvalue weighted by molar-refractivity contribution is 5.69. The highest BCUT2D eigenvalue weighted by atomic mass is 16.5. The van der Waals surface area contributed by atoms with Crippen molar-refractivity contribution >= 4 is 0 Å². The van der Waals surface area contributed by atoms with Crippen LogP contribution in [0, 0.1) is 6.92 Å². The van der Waals surface area contributed by atoms with Crippen LogP contribution in [0.15, 0.2) is 18.3 Å². The molecular formula is C14H15N3O.